The molecule has 1 unspecified atom stereocenters. The van der Waals surface area contributed by atoms with Gasteiger partial charge in [0.25, 0.3) is 0 Å². The van der Waals surface area contributed by atoms with Gasteiger partial charge in [0.1, 0.15) is 10.1 Å². The van der Waals surface area contributed by atoms with Crippen LogP contribution in [0, 0.1) is 0 Å². The summed E-state index contributed by atoms with van der Waals surface area (Å²) in [6, 6.07) is 10.5. The Morgan fingerprint density at radius 2 is 2.14 bits per heavy atom. The summed E-state index contributed by atoms with van der Waals surface area (Å²) in [4.78, 5) is 1.24. The van der Waals surface area contributed by atoms with Crippen LogP contribution in [-0.4, -0.2) is 13.7 Å². The zero-order valence-electron chi connectivity index (χ0n) is 12.2. The van der Waals surface area contributed by atoms with Crippen molar-refractivity contribution in [3.05, 3.63) is 49.6 Å². The fourth-order valence-electron chi connectivity index (χ4n) is 2.22. The van der Waals surface area contributed by atoms with Crippen LogP contribution in [0.3, 0.4) is 0 Å². The van der Waals surface area contributed by atoms with E-state index in [9.17, 15) is 0 Å². The predicted molar refractivity (Wildman–Crippen MR) is 94.8 cm³/mol. The molecule has 2 nitrogen and oxygen atoms in total. The summed E-state index contributed by atoms with van der Waals surface area (Å²) in [6.45, 7) is 3.15. The Bertz CT molecular complexity index is 568. The van der Waals surface area contributed by atoms with Gasteiger partial charge in [0, 0.05) is 15.4 Å². The second-order valence-electron chi connectivity index (χ2n) is 4.79. The lowest BCUT2D eigenvalue weighted by atomic mass is 10.0. The van der Waals surface area contributed by atoms with E-state index in [1.165, 1.54) is 10.4 Å². The summed E-state index contributed by atoms with van der Waals surface area (Å²) in [7, 11) is 1.71. The van der Waals surface area contributed by atoms with Crippen LogP contribution in [-0.2, 0) is 6.42 Å². The molecule has 0 aliphatic heterocycles. The normalized spacial score (nSPS) is 12.4. The minimum atomic E-state index is 0.245. The topological polar surface area (TPSA) is 21.3 Å². The highest BCUT2D eigenvalue weighted by Gasteiger charge is 2.17. The molecule has 2 aromatic rings. The van der Waals surface area contributed by atoms with Crippen LogP contribution in [0.5, 0.6) is 5.75 Å². The van der Waals surface area contributed by atoms with Gasteiger partial charge in [-0.3, -0.25) is 0 Å². The van der Waals surface area contributed by atoms with Crippen molar-refractivity contribution in [2.75, 3.05) is 13.7 Å². The molecule has 0 fully saturated rings. The Kier molecular flexibility index (Phi) is 6.55. The van der Waals surface area contributed by atoms with Crippen LogP contribution in [0.2, 0.25) is 4.34 Å². The van der Waals surface area contributed by atoms with Gasteiger partial charge in [-0.2, -0.15) is 0 Å². The first kappa shape index (κ1) is 16.8. The molecule has 0 spiro atoms. The third-order valence-electron chi connectivity index (χ3n) is 3.26. The number of methoxy groups -OCH3 is 1. The molecule has 0 aliphatic rings. The number of ether oxygens (including phenoxy) is 1. The molecule has 5 heteroatoms. The third kappa shape index (κ3) is 4.46. The minimum absolute atomic E-state index is 0.245. The van der Waals surface area contributed by atoms with E-state index < -0.39 is 0 Å². The Morgan fingerprint density at radius 1 is 1.38 bits per heavy atom. The van der Waals surface area contributed by atoms with Crippen molar-refractivity contribution in [3.63, 3.8) is 0 Å². The molecule has 1 heterocycles. The van der Waals surface area contributed by atoms with Crippen LogP contribution < -0.4 is 10.1 Å². The number of halogens is 2. The molecule has 2 rings (SSSR count). The summed E-state index contributed by atoms with van der Waals surface area (Å²) in [5, 5.41) is 3.60. The highest BCUT2D eigenvalue weighted by molar-refractivity contribution is 9.10. The van der Waals surface area contributed by atoms with Crippen molar-refractivity contribution < 1.29 is 4.74 Å². The maximum absolute atomic E-state index is 6.19. The number of nitrogens with one attached hydrogen (secondary N) is 1. The van der Waals surface area contributed by atoms with E-state index in [1.807, 2.05) is 18.2 Å². The predicted octanol–water partition coefficient (Wildman–Crippen LogP) is 5.46. The number of benzene rings is 1. The number of rotatable bonds is 7. The van der Waals surface area contributed by atoms with Gasteiger partial charge in [0.05, 0.1) is 7.11 Å². The van der Waals surface area contributed by atoms with E-state index in [-0.39, 0.29) is 6.04 Å². The average Bonchev–Trinajstić information content (AvgIpc) is 2.83. The van der Waals surface area contributed by atoms with E-state index in [0.717, 1.165) is 33.9 Å². The maximum atomic E-state index is 6.19. The van der Waals surface area contributed by atoms with Crippen LogP contribution in [0.1, 0.15) is 29.8 Å². The molecule has 1 aromatic carbocycles. The molecular weight excluding hydrogens is 370 g/mol. The second kappa shape index (κ2) is 8.18. The monoisotopic (exact) mass is 387 g/mol. The quantitative estimate of drug-likeness (QED) is 0.680. The Morgan fingerprint density at radius 3 is 2.76 bits per heavy atom. The van der Waals surface area contributed by atoms with Gasteiger partial charge in [-0.1, -0.05) is 36.7 Å². The summed E-state index contributed by atoms with van der Waals surface area (Å²) < 4.78 is 7.22. The van der Waals surface area contributed by atoms with E-state index in [2.05, 4.69) is 40.3 Å². The number of hydrogen-bond donors (Lipinski definition) is 1. The Labute approximate surface area is 143 Å². The maximum Gasteiger partial charge on any atom is 0.122 e. The van der Waals surface area contributed by atoms with Gasteiger partial charge >= 0.3 is 0 Å². The Balaban J connectivity index is 2.23. The minimum Gasteiger partial charge on any atom is -0.496 e. The van der Waals surface area contributed by atoms with Crippen molar-refractivity contribution in [2.45, 2.75) is 25.8 Å². The lowest BCUT2D eigenvalue weighted by Crippen LogP contribution is -2.23. The zero-order valence-corrected chi connectivity index (χ0v) is 15.3. The van der Waals surface area contributed by atoms with Crippen LogP contribution in [0.15, 0.2) is 34.8 Å². The second-order valence-corrected chi connectivity index (χ2v) is 7.33. The van der Waals surface area contributed by atoms with Gasteiger partial charge in [-0.15, -0.1) is 11.3 Å². The first-order valence-corrected chi connectivity index (χ1v) is 8.94. The molecule has 0 aliphatic carbocycles. The van der Waals surface area contributed by atoms with Crippen LogP contribution in [0.4, 0.5) is 0 Å². The van der Waals surface area contributed by atoms with Gasteiger partial charge in [0.2, 0.25) is 0 Å². The third-order valence-corrected chi connectivity index (χ3v) is 5.85. The van der Waals surface area contributed by atoms with Crippen molar-refractivity contribution in [1.82, 2.24) is 5.32 Å². The molecule has 1 N–H and O–H groups in total. The lowest BCUT2D eigenvalue weighted by molar-refractivity contribution is 0.405. The van der Waals surface area contributed by atoms with Crippen LogP contribution >= 0.6 is 38.9 Å². The molecule has 1 aromatic heterocycles. The molecule has 0 bridgehead atoms. The lowest BCUT2D eigenvalue weighted by Gasteiger charge is -2.18. The van der Waals surface area contributed by atoms with E-state index in [1.54, 1.807) is 18.4 Å². The molecule has 0 amide bonds. The number of hydrogen-bond acceptors (Lipinski definition) is 3. The summed E-state index contributed by atoms with van der Waals surface area (Å²) in [5.74, 6) is 0.933. The fourth-order valence-corrected chi connectivity index (χ4v) is 4.03. The molecule has 114 valence electrons. The summed E-state index contributed by atoms with van der Waals surface area (Å²) in [6.07, 6.45) is 1.98. The molecule has 1 atom stereocenters. The largest absolute Gasteiger partial charge is 0.496 e. The first-order chi connectivity index (χ1) is 10.2. The number of para-hydroxylation sites is 1. The molecule has 0 saturated carbocycles. The van der Waals surface area contributed by atoms with Crippen molar-refractivity contribution in [1.29, 1.82) is 0 Å². The van der Waals surface area contributed by atoms with E-state index >= 15 is 0 Å². The van der Waals surface area contributed by atoms with Gasteiger partial charge in [-0.25, -0.2) is 0 Å². The van der Waals surface area contributed by atoms with Crippen molar-refractivity contribution in [2.24, 2.45) is 0 Å². The SMILES string of the molecule is CCCNC(Cc1ccccc1OC)c1cc(Br)c(Cl)s1. The van der Waals surface area contributed by atoms with Crippen molar-refractivity contribution >= 4 is 38.9 Å². The summed E-state index contributed by atoms with van der Waals surface area (Å²) >= 11 is 11.3. The van der Waals surface area contributed by atoms with Gasteiger partial charge in [-0.05, 0) is 53.0 Å². The molecular formula is C16H19BrClNOS. The van der Waals surface area contributed by atoms with E-state index in [4.69, 9.17) is 16.3 Å². The highest BCUT2D eigenvalue weighted by Crippen LogP contribution is 2.37. The molecule has 0 saturated heterocycles. The number of thiophene rings is 1. The highest BCUT2D eigenvalue weighted by atomic mass is 79.9. The molecule has 21 heavy (non-hydrogen) atoms. The summed E-state index contributed by atoms with van der Waals surface area (Å²) in [5.41, 5.74) is 1.20. The standard InChI is InChI=1S/C16H19BrClNOS/c1-3-8-19-13(15-10-12(17)16(18)21-15)9-11-6-4-5-7-14(11)20-2/h4-7,10,13,19H,3,8-9H2,1-2H3. The van der Waals surface area contributed by atoms with Gasteiger partial charge < -0.3 is 10.1 Å². The molecule has 0 radical (unpaired) electrons. The Hall–Kier alpha value is -0.550. The fraction of sp³-hybridized carbons (Fsp3) is 0.375. The zero-order chi connectivity index (χ0) is 15.2. The first-order valence-electron chi connectivity index (χ1n) is 6.95. The average molecular weight is 389 g/mol. The van der Waals surface area contributed by atoms with Crippen LogP contribution in [0.25, 0.3) is 0 Å². The van der Waals surface area contributed by atoms with Crippen molar-refractivity contribution in [3.8, 4) is 5.75 Å². The smallest absolute Gasteiger partial charge is 0.122 e. The van der Waals surface area contributed by atoms with Gasteiger partial charge in [0.15, 0.2) is 0 Å². The van der Waals surface area contributed by atoms with E-state index in [0.29, 0.717) is 0 Å².